The maximum absolute atomic E-state index is 13.9. The molecule has 0 saturated heterocycles. The van der Waals surface area contributed by atoms with Crippen LogP contribution in [0, 0.1) is 12.7 Å². The van der Waals surface area contributed by atoms with E-state index in [1.807, 2.05) is 31.0 Å². The smallest absolute Gasteiger partial charge is 0.259 e. The van der Waals surface area contributed by atoms with Crippen molar-refractivity contribution in [2.45, 2.75) is 13.5 Å². The average Bonchev–Trinajstić information content (AvgIpc) is 3.31. The Hall–Kier alpha value is -3.55. The number of aromatic amines is 1. The van der Waals surface area contributed by atoms with Crippen molar-refractivity contribution in [2.24, 2.45) is 0 Å². The van der Waals surface area contributed by atoms with Gasteiger partial charge >= 0.3 is 0 Å². The summed E-state index contributed by atoms with van der Waals surface area (Å²) in [5.41, 5.74) is 1.98. The van der Waals surface area contributed by atoms with Crippen molar-refractivity contribution in [2.75, 3.05) is 11.9 Å². The Morgan fingerprint density at radius 1 is 1.11 bits per heavy atom. The van der Waals surface area contributed by atoms with Crippen molar-refractivity contribution < 1.29 is 8.91 Å². The van der Waals surface area contributed by atoms with Crippen LogP contribution in [-0.4, -0.2) is 32.1 Å². The standard InChI is InChI=1S/C19H17FN6O/c1-12-9-21-16(23-12)11-26(2)17-8-7-13(10-22-17)19-24-18(25-27-19)14-5-3-4-6-15(14)20/h3-10H,11H2,1-2H3,(H,21,23). The summed E-state index contributed by atoms with van der Waals surface area (Å²) in [5, 5.41) is 3.86. The molecule has 3 heterocycles. The summed E-state index contributed by atoms with van der Waals surface area (Å²) in [6.45, 7) is 2.57. The lowest BCUT2D eigenvalue weighted by molar-refractivity contribution is 0.431. The first-order valence-electron chi connectivity index (χ1n) is 8.37. The number of hydrogen-bond acceptors (Lipinski definition) is 6. The fourth-order valence-electron chi connectivity index (χ4n) is 2.68. The van der Waals surface area contributed by atoms with Crippen molar-refractivity contribution in [3.63, 3.8) is 0 Å². The fraction of sp³-hybridized carbons (Fsp3) is 0.158. The second-order valence-corrected chi connectivity index (χ2v) is 6.18. The lowest BCUT2D eigenvalue weighted by Crippen LogP contribution is -2.18. The van der Waals surface area contributed by atoms with E-state index < -0.39 is 5.82 Å². The number of halogens is 1. The van der Waals surface area contributed by atoms with Crippen LogP contribution in [0.5, 0.6) is 0 Å². The molecule has 1 aromatic carbocycles. The summed E-state index contributed by atoms with van der Waals surface area (Å²) >= 11 is 0. The number of pyridine rings is 1. The molecule has 0 fully saturated rings. The predicted octanol–water partition coefficient (Wildman–Crippen LogP) is 3.61. The first-order valence-corrected chi connectivity index (χ1v) is 8.37. The van der Waals surface area contributed by atoms with E-state index in [-0.39, 0.29) is 11.7 Å². The lowest BCUT2D eigenvalue weighted by atomic mass is 10.2. The molecule has 0 bridgehead atoms. The van der Waals surface area contributed by atoms with Gasteiger partial charge in [0.05, 0.1) is 17.7 Å². The van der Waals surface area contributed by atoms with Gasteiger partial charge in [-0.15, -0.1) is 0 Å². The first kappa shape index (κ1) is 16.9. The maximum atomic E-state index is 13.9. The molecule has 0 aliphatic heterocycles. The molecular weight excluding hydrogens is 347 g/mol. The zero-order valence-corrected chi connectivity index (χ0v) is 14.8. The van der Waals surface area contributed by atoms with Gasteiger partial charge in [0.2, 0.25) is 5.82 Å². The molecule has 0 aliphatic carbocycles. The Morgan fingerprint density at radius 3 is 2.67 bits per heavy atom. The fourth-order valence-corrected chi connectivity index (χ4v) is 2.68. The van der Waals surface area contributed by atoms with E-state index in [1.54, 1.807) is 30.6 Å². The van der Waals surface area contributed by atoms with Gasteiger partial charge in [-0.25, -0.2) is 14.4 Å². The van der Waals surface area contributed by atoms with E-state index in [4.69, 9.17) is 4.52 Å². The van der Waals surface area contributed by atoms with Crippen LogP contribution in [-0.2, 0) is 6.54 Å². The molecule has 0 atom stereocenters. The summed E-state index contributed by atoms with van der Waals surface area (Å²) in [6, 6.07) is 10.0. The molecule has 7 nitrogen and oxygen atoms in total. The van der Waals surface area contributed by atoms with Crippen LogP contribution in [0.2, 0.25) is 0 Å². The minimum Gasteiger partial charge on any atom is -0.352 e. The minimum atomic E-state index is -0.395. The Bertz CT molecular complexity index is 1060. The van der Waals surface area contributed by atoms with Crippen LogP contribution in [0.25, 0.3) is 22.8 Å². The Balaban J connectivity index is 1.52. The Morgan fingerprint density at radius 2 is 1.96 bits per heavy atom. The van der Waals surface area contributed by atoms with Crippen molar-refractivity contribution in [1.29, 1.82) is 0 Å². The molecule has 3 aromatic heterocycles. The van der Waals surface area contributed by atoms with Crippen LogP contribution in [0.15, 0.2) is 53.3 Å². The number of anilines is 1. The molecular formula is C19H17FN6O. The number of hydrogen-bond donors (Lipinski definition) is 1. The summed E-state index contributed by atoms with van der Waals surface area (Å²) < 4.78 is 19.1. The molecule has 0 amide bonds. The van der Waals surface area contributed by atoms with Crippen LogP contribution in [0.1, 0.15) is 11.5 Å². The molecule has 0 aliphatic rings. The number of nitrogens with zero attached hydrogens (tertiary/aromatic N) is 5. The highest BCUT2D eigenvalue weighted by atomic mass is 19.1. The van der Waals surface area contributed by atoms with Gasteiger partial charge in [-0.2, -0.15) is 4.98 Å². The molecule has 0 saturated carbocycles. The van der Waals surface area contributed by atoms with Crippen LogP contribution in [0.3, 0.4) is 0 Å². The third kappa shape index (κ3) is 3.55. The van der Waals surface area contributed by atoms with Gasteiger partial charge in [-0.1, -0.05) is 17.3 Å². The monoisotopic (exact) mass is 364 g/mol. The molecule has 8 heteroatoms. The number of aromatic nitrogens is 5. The summed E-state index contributed by atoms with van der Waals surface area (Å²) in [6.07, 6.45) is 3.44. The quantitative estimate of drug-likeness (QED) is 0.582. The molecule has 136 valence electrons. The van der Waals surface area contributed by atoms with Crippen LogP contribution >= 0.6 is 0 Å². The average molecular weight is 364 g/mol. The molecule has 0 radical (unpaired) electrons. The van der Waals surface area contributed by atoms with Crippen molar-refractivity contribution in [3.05, 3.63) is 66.1 Å². The summed E-state index contributed by atoms with van der Waals surface area (Å²) in [5.74, 6) is 1.75. The first-order chi connectivity index (χ1) is 13.1. The zero-order chi connectivity index (χ0) is 18.8. The largest absolute Gasteiger partial charge is 0.352 e. The predicted molar refractivity (Wildman–Crippen MR) is 98.4 cm³/mol. The van der Waals surface area contributed by atoms with Gasteiger partial charge in [0.1, 0.15) is 17.5 Å². The molecule has 0 unspecified atom stereocenters. The molecule has 4 rings (SSSR count). The highest BCUT2D eigenvalue weighted by Crippen LogP contribution is 2.24. The number of H-pyrrole nitrogens is 1. The van der Waals surface area contributed by atoms with Crippen molar-refractivity contribution in [3.8, 4) is 22.8 Å². The third-order valence-electron chi connectivity index (χ3n) is 4.07. The number of nitrogens with one attached hydrogen (secondary N) is 1. The van der Waals surface area contributed by atoms with Gasteiger partial charge in [0.25, 0.3) is 5.89 Å². The van der Waals surface area contributed by atoms with Gasteiger partial charge < -0.3 is 14.4 Å². The van der Waals surface area contributed by atoms with Crippen LogP contribution < -0.4 is 4.90 Å². The minimum absolute atomic E-state index is 0.206. The van der Waals surface area contributed by atoms with Crippen LogP contribution in [0.4, 0.5) is 10.2 Å². The molecule has 1 N–H and O–H groups in total. The SMILES string of the molecule is Cc1cnc(CN(C)c2ccc(-c3nc(-c4ccccc4F)no3)cn2)[nH]1. The van der Waals surface area contributed by atoms with E-state index in [9.17, 15) is 4.39 Å². The Kier molecular flexibility index (Phi) is 4.37. The van der Waals surface area contributed by atoms with Gasteiger partial charge in [0, 0.05) is 25.1 Å². The number of aryl methyl sites for hydroxylation is 1. The normalized spacial score (nSPS) is 10.9. The molecule has 0 spiro atoms. The van der Waals surface area contributed by atoms with E-state index in [0.29, 0.717) is 17.7 Å². The van der Waals surface area contributed by atoms with E-state index in [1.165, 1.54) is 6.07 Å². The van der Waals surface area contributed by atoms with Gasteiger partial charge in [-0.05, 0) is 31.2 Å². The highest BCUT2D eigenvalue weighted by Gasteiger charge is 2.14. The third-order valence-corrected chi connectivity index (χ3v) is 4.07. The second-order valence-electron chi connectivity index (χ2n) is 6.18. The zero-order valence-electron chi connectivity index (χ0n) is 14.8. The number of rotatable bonds is 5. The summed E-state index contributed by atoms with van der Waals surface area (Å²) in [7, 11) is 1.93. The molecule has 27 heavy (non-hydrogen) atoms. The van der Waals surface area contributed by atoms with E-state index >= 15 is 0 Å². The second kappa shape index (κ2) is 6.99. The summed E-state index contributed by atoms with van der Waals surface area (Å²) in [4.78, 5) is 18.2. The van der Waals surface area contributed by atoms with Crippen molar-refractivity contribution in [1.82, 2.24) is 25.1 Å². The lowest BCUT2D eigenvalue weighted by Gasteiger charge is -2.16. The maximum Gasteiger partial charge on any atom is 0.259 e. The molecule has 4 aromatic rings. The van der Waals surface area contributed by atoms with Gasteiger partial charge in [0.15, 0.2) is 0 Å². The number of imidazole rings is 1. The number of benzene rings is 1. The van der Waals surface area contributed by atoms with E-state index in [2.05, 4.69) is 25.1 Å². The van der Waals surface area contributed by atoms with Gasteiger partial charge in [-0.3, -0.25) is 0 Å². The Labute approximate surface area is 154 Å². The van der Waals surface area contributed by atoms with E-state index in [0.717, 1.165) is 17.3 Å². The van der Waals surface area contributed by atoms with Crippen molar-refractivity contribution >= 4 is 5.82 Å². The topological polar surface area (TPSA) is 83.7 Å². The highest BCUT2D eigenvalue weighted by molar-refractivity contribution is 5.60.